The Morgan fingerprint density at radius 2 is 2.27 bits per heavy atom. The predicted octanol–water partition coefficient (Wildman–Crippen LogP) is -0.875. The molecule has 0 bridgehead atoms. The summed E-state index contributed by atoms with van der Waals surface area (Å²) in [6, 6.07) is 0. The number of aliphatic imine (C=N–C) groups is 1. The highest BCUT2D eigenvalue weighted by molar-refractivity contribution is 6.31. The monoisotopic (exact) mass is 210 g/mol. The van der Waals surface area contributed by atoms with Crippen molar-refractivity contribution in [2.75, 3.05) is 20.1 Å². The van der Waals surface area contributed by atoms with Crippen molar-refractivity contribution in [3.05, 3.63) is 24.7 Å². The predicted molar refractivity (Wildman–Crippen MR) is 64.5 cm³/mol. The van der Waals surface area contributed by atoms with E-state index in [9.17, 15) is 0 Å². The zero-order valence-electron chi connectivity index (χ0n) is 8.90. The molecule has 0 saturated heterocycles. The molecule has 0 rings (SSSR count). The van der Waals surface area contributed by atoms with E-state index in [-0.39, 0.29) is 6.54 Å². The number of hydrazone groups is 1. The number of rotatable bonds is 7. The van der Waals surface area contributed by atoms with E-state index in [1.807, 2.05) is 7.05 Å². The molecule has 6 heteroatoms. The summed E-state index contributed by atoms with van der Waals surface area (Å²) < 4.78 is 0. The minimum absolute atomic E-state index is 0.281. The average Bonchev–Trinajstić information content (AvgIpc) is 2.28. The molecule has 0 aromatic carbocycles. The smallest absolute Gasteiger partial charge is 0.0914 e. The quantitative estimate of drug-likeness (QED) is 0.249. The van der Waals surface area contributed by atoms with Gasteiger partial charge in [-0.15, -0.1) is 0 Å². The highest BCUT2D eigenvalue weighted by Crippen LogP contribution is 1.86. The number of hydrogen-bond acceptors (Lipinski definition) is 6. The largest absolute Gasteiger partial charge is 0.389 e. The van der Waals surface area contributed by atoms with Crippen molar-refractivity contribution in [1.82, 2.24) is 10.6 Å². The van der Waals surface area contributed by atoms with E-state index in [4.69, 9.17) is 11.6 Å². The summed E-state index contributed by atoms with van der Waals surface area (Å²) in [5.74, 6) is 5.07. The molecule has 0 spiro atoms. The summed E-state index contributed by atoms with van der Waals surface area (Å²) in [4.78, 5) is 4.12. The third-order valence-corrected chi connectivity index (χ3v) is 1.57. The second-order valence-corrected chi connectivity index (χ2v) is 2.58. The van der Waals surface area contributed by atoms with Crippen LogP contribution in [-0.2, 0) is 0 Å². The molecule has 0 aliphatic heterocycles. The van der Waals surface area contributed by atoms with E-state index >= 15 is 0 Å². The third-order valence-electron chi connectivity index (χ3n) is 1.57. The van der Waals surface area contributed by atoms with Crippen LogP contribution in [0, 0.1) is 0 Å². The maximum Gasteiger partial charge on any atom is 0.0914 e. The second kappa shape index (κ2) is 8.76. The Kier molecular flexibility index (Phi) is 7.70. The van der Waals surface area contributed by atoms with Crippen LogP contribution in [0.4, 0.5) is 0 Å². The van der Waals surface area contributed by atoms with Gasteiger partial charge in [-0.1, -0.05) is 6.58 Å². The molecule has 0 heterocycles. The van der Waals surface area contributed by atoms with Gasteiger partial charge in [0.15, 0.2) is 0 Å². The first kappa shape index (κ1) is 13.2. The lowest BCUT2D eigenvalue weighted by Gasteiger charge is -2.02. The van der Waals surface area contributed by atoms with Gasteiger partial charge in [0.05, 0.1) is 12.3 Å². The molecular formula is C9H18N6. The van der Waals surface area contributed by atoms with Crippen molar-refractivity contribution >= 4 is 11.9 Å². The molecule has 0 radical (unpaired) electrons. The molecular weight excluding hydrogens is 192 g/mol. The van der Waals surface area contributed by atoms with Gasteiger partial charge in [-0.05, 0) is 6.20 Å². The molecule has 0 aliphatic rings. The Hall–Kier alpha value is -1.82. The lowest BCUT2D eigenvalue weighted by molar-refractivity contribution is 0.905. The molecule has 0 atom stereocenters. The van der Waals surface area contributed by atoms with E-state index in [2.05, 4.69) is 27.3 Å². The first-order valence-electron chi connectivity index (χ1n) is 4.48. The summed E-state index contributed by atoms with van der Waals surface area (Å²) in [5.41, 5.74) is 6.83. The maximum atomic E-state index is 5.35. The van der Waals surface area contributed by atoms with E-state index in [0.29, 0.717) is 12.3 Å². The Morgan fingerprint density at radius 1 is 1.53 bits per heavy atom. The standard InChI is InChI=1S/C9H18N6/c1-3-13-6-9(12-2)7-14-5-8(4-10)15-11/h3,5-6,12-13H,1,4,7,10-11H2,2H3/b9-6-,14-5?,15-8?. The molecule has 15 heavy (non-hydrogen) atoms. The van der Waals surface area contributed by atoms with Gasteiger partial charge < -0.3 is 22.2 Å². The van der Waals surface area contributed by atoms with Crippen molar-refractivity contribution in [2.24, 2.45) is 21.7 Å². The Balaban J connectivity index is 4.16. The molecule has 0 aromatic heterocycles. The molecule has 0 amide bonds. The van der Waals surface area contributed by atoms with E-state index in [1.165, 1.54) is 0 Å². The van der Waals surface area contributed by atoms with Crippen molar-refractivity contribution in [2.45, 2.75) is 0 Å². The van der Waals surface area contributed by atoms with Crippen LogP contribution in [0.3, 0.4) is 0 Å². The second-order valence-electron chi connectivity index (χ2n) is 2.58. The van der Waals surface area contributed by atoms with Gasteiger partial charge in [-0.2, -0.15) is 5.10 Å². The first-order valence-corrected chi connectivity index (χ1v) is 4.48. The fourth-order valence-electron chi connectivity index (χ4n) is 0.744. The van der Waals surface area contributed by atoms with Crippen molar-refractivity contribution in [1.29, 1.82) is 0 Å². The van der Waals surface area contributed by atoms with Gasteiger partial charge in [0.25, 0.3) is 0 Å². The van der Waals surface area contributed by atoms with Crippen LogP contribution >= 0.6 is 0 Å². The van der Waals surface area contributed by atoms with Crippen LogP contribution in [-0.4, -0.2) is 32.1 Å². The normalized spacial score (nSPS) is 12.9. The van der Waals surface area contributed by atoms with Gasteiger partial charge in [0.2, 0.25) is 0 Å². The molecule has 6 nitrogen and oxygen atoms in total. The number of likely N-dealkylation sites (N-methyl/N-ethyl adjacent to an activating group) is 1. The molecule has 0 saturated carbocycles. The van der Waals surface area contributed by atoms with Gasteiger partial charge in [-0.3, -0.25) is 4.99 Å². The minimum Gasteiger partial charge on any atom is -0.389 e. The maximum absolute atomic E-state index is 5.35. The summed E-state index contributed by atoms with van der Waals surface area (Å²) >= 11 is 0. The highest BCUT2D eigenvalue weighted by atomic mass is 15.1. The van der Waals surface area contributed by atoms with Gasteiger partial charge in [-0.25, -0.2) is 0 Å². The van der Waals surface area contributed by atoms with Gasteiger partial charge >= 0.3 is 0 Å². The lowest BCUT2D eigenvalue weighted by Crippen LogP contribution is -2.18. The van der Waals surface area contributed by atoms with Crippen LogP contribution in [0.5, 0.6) is 0 Å². The van der Waals surface area contributed by atoms with E-state index in [1.54, 1.807) is 18.6 Å². The van der Waals surface area contributed by atoms with Crippen molar-refractivity contribution < 1.29 is 0 Å². The van der Waals surface area contributed by atoms with Crippen LogP contribution in [0.1, 0.15) is 0 Å². The highest BCUT2D eigenvalue weighted by Gasteiger charge is 1.92. The van der Waals surface area contributed by atoms with Crippen LogP contribution < -0.4 is 22.2 Å². The Labute approximate surface area is 89.8 Å². The summed E-state index contributed by atoms with van der Waals surface area (Å²) in [5, 5.41) is 9.29. The van der Waals surface area contributed by atoms with E-state index < -0.39 is 0 Å². The number of nitrogens with zero attached hydrogens (tertiary/aromatic N) is 2. The van der Waals surface area contributed by atoms with Crippen LogP contribution in [0.25, 0.3) is 0 Å². The van der Waals surface area contributed by atoms with Crippen LogP contribution in [0.2, 0.25) is 0 Å². The third kappa shape index (κ3) is 6.28. The van der Waals surface area contributed by atoms with E-state index in [0.717, 1.165) is 5.70 Å². The number of nitrogens with one attached hydrogen (secondary N) is 2. The lowest BCUT2D eigenvalue weighted by atomic mass is 10.4. The van der Waals surface area contributed by atoms with Crippen molar-refractivity contribution in [3.8, 4) is 0 Å². The van der Waals surface area contributed by atoms with Gasteiger partial charge in [0, 0.05) is 31.7 Å². The first-order chi connectivity index (χ1) is 7.28. The zero-order chi connectivity index (χ0) is 11.5. The molecule has 0 aliphatic carbocycles. The fourth-order valence-corrected chi connectivity index (χ4v) is 0.744. The Morgan fingerprint density at radius 3 is 2.73 bits per heavy atom. The molecule has 0 aromatic rings. The van der Waals surface area contributed by atoms with Gasteiger partial charge in [0.1, 0.15) is 0 Å². The minimum atomic E-state index is 0.281. The average molecular weight is 210 g/mol. The SMILES string of the molecule is C=CN/C=C(/CN=CC(CN)=NN)NC. The Bertz CT molecular complexity index is 266. The number of nitrogens with two attached hydrogens (primary N) is 2. The number of hydrogen-bond donors (Lipinski definition) is 4. The molecule has 0 unspecified atom stereocenters. The summed E-state index contributed by atoms with van der Waals surface area (Å²) in [6.45, 7) is 4.31. The summed E-state index contributed by atoms with van der Waals surface area (Å²) in [7, 11) is 1.81. The fraction of sp³-hybridized carbons (Fsp3) is 0.333. The van der Waals surface area contributed by atoms with Crippen molar-refractivity contribution in [3.63, 3.8) is 0 Å². The molecule has 6 N–H and O–H groups in total. The zero-order valence-corrected chi connectivity index (χ0v) is 8.90. The summed E-state index contributed by atoms with van der Waals surface area (Å²) in [6.07, 6.45) is 4.90. The van der Waals surface area contributed by atoms with Crippen LogP contribution in [0.15, 0.2) is 34.8 Å². The molecule has 0 fully saturated rings. The molecule has 84 valence electrons. The topological polar surface area (TPSA) is 101 Å².